The Morgan fingerprint density at radius 2 is 2.06 bits per heavy atom. The molecule has 102 valence electrons. The van der Waals surface area contributed by atoms with Crippen LogP contribution in [0.2, 0.25) is 0 Å². The normalized spacial score (nSPS) is 19.8. The summed E-state index contributed by atoms with van der Waals surface area (Å²) in [7, 11) is 2.25. The summed E-state index contributed by atoms with van der Waals surface area (Å²) < 4.78 is 5.52. The molecule has 1 aliphatic rings. The fourth-order valence-electron chi connectivity index (χ4n) is 2.48. The van der Waals surface area contributed by atoms with Crippen LogP contribution in [-0.2, 0) is 4.74 Å². The van der Waals surface area contributed by atoms with Gasteiger partial charge in [0.05, 0.1) is 0 Å². The van der Waals surface area contributed by atoms with Gasteiger partial charge in [0, 0.05) is 38.6 Å². The molecule has 0 aliphatic carbocycles. The van der Waals surface area contributed by atoms with Crippen molar-refractivity contribution in [3.8, 4) is 0 Å². The van der Waals surface area contributed by atoms with E-state index < -0.39 is 0 Å². The molecule has 0 radical (unpaired) electrons. The lowest BCUT2D eigenvalue weighted by Gasteiger charge is -2.40. The molecular formula is C13H28N2OS. The Morgan fingerprint density at radius 3 is 2.65 bits per heavy atom. The quantitative estimate of drug-likeness (QED) is 0.718. The van der Waals surface area contributed by atoms with Gasteiger partial charge < -0.3 is 15.0 Å². The van der Waals surface area contributed by atoms with Crippen molar-refractivity contribution in [2.75, 3.05) is 58.4 Å². The Morgan fingerprint density at radius 1 is 1.35 bits per heavy atom. The Hall–Kier alpha value is 0.230. The largest absolute Gasteiger partial charge is 0.381 e. The molecule has 1 rings (SSSR count). The molecule has 1 saturated heterocycles. The fourth-order valence-corrected chi connectivity index (χ4v) is 2.98. The first kappa shape index (κ1) is 15.3. The molecule has 3 nitrogen and oxygen atoms in total. The highest BCUT2D eigenvalue weighted by atomic mass is 32.2. The first-order chi connectivity index (χ1) is 8.22. The van der Waals surface area contributed by atoms with Crippen molar-refractivity contribution in [2.45, 2.75) is 19.8 Å². The molecule has 0 atom stereocenters. The Kier molecular flexibility index (Phi) is 7.51. The standard InChI is InChI=1S/C13H28N2OS/c1-4-14-11-13(5-8-16-9-6-13)12-15(2)7-10-17-3/h14H,4-12H2,1-3H3. The first-order valence-corrected chi connectivity index (χ1v) is 8.08. The summed E-state index contributed by atoms with van der Waals surface area (Å²) in [5.74, 6) is 1.23. The molecule has 0 aromatic heterocycles. The van der Waals surface area contributed by atoms with Crippen molar-refractivity contribution in [2.24, 2.45) is 5.41 Å². The van der Waals surface area contributed by atoms with Crippen LogP contribution >= 0.6 is 11.8 Å². The van der Waals surface area contributed by atoms with Crippen molar-refractivity contribution in [1.82, 2.24) is 10.2 Å². The molecule has 1 aliphatic heterocycles. The van der Waals surface area contributed by atoms with Gasteiger partial charge in [0.2, 0.25) is 0 Å². The van der Waals surface area contributed by atoms with E-state index in [0.29, 0.717) is 5.41 Å². The number of thioether (sulfide) groups is 1. The van der Waals surface area contributed by atoms with Gasteiger partial charge >= 0.3 is 0 Å². The van der Waals surface area contributed by atoms with Crippen LogP contribution in [0, 0.1) is 5.41 Å². The van der Waals surface area contributed by atoms with Crippen LogP contribution in [0.1, 0.15) is 19.8 Å². The van der Waals surface area contributed by atoms with E-state index in [1.807, 2.05) is 11.8 Å². The molecule has 0 saturated carbocycles. The van der Waals surface area contributed by atoms with Crippen LogP contribution in [0.25, 0.3) is 0 Å². The summed E-state index contributed by atoms with van der Waals surface area (Å²) in [6, 6.07) is 0. The predicted octanol–water partition coefficient (Wildman–Crippen LogP) is 1.69. The molecule has 17 heavy (non-hydrogen) atoms. The number of nitrogens with zero attached hydrogens (tertiary/aromatic N) is 1. The second-order valence-corrected chi connectivity index (χ2v) is 6.11. The van der Waals surface area contributed by atoms with E-state index in [2.05, 4.69) is 30.4 Å². The topological polar surface area (TPSA) is 24.5 Å². The van der Waals surface area contributed by atoms with Gasteiger partial charge in [-0.25, -0.2) is 0 Å². The maximum Gasteiger partial charge on any atom is 0.0472 e. The molecule has 0 bridgehead atoms. The Bertz CT molecular complexity index is 196. The molecule has 1 N–H and O–H groups in total. The first-order valence-electron chi connectivity index (χ1n) is 6.68. The highest BCUT2D eigenvalue weighted by Crippen LogP contribution is 2.30. The molecule has 1 fully saturated rings. The van der Waals surface area contributed by atoms with E-state index in [4.69, 9.17) is 4.74 Å². The fraction of sp³-hybridized carbons (Fsp3) is 1.00. The average molecular weight is 260 g/mol. The molecular weight excluding hydrogens is 232 g/mol. The second kappa shape index (κ2) is 8.35. The molecule has 0 aromatic carbocycles. The van der Waals surface area contributed by atoms with Crippen LogP contribution in [0.4, 0.5) is 0 Å². The number of ether oxygens (including phenoxy) is 1. The van der Waals surface area contributed by atoms with Crippen LogP contribution in [0.5, 0.6) is 0 Å². The van der Waals surface area contributed by atoms with Crippen LogP contribution in [0.15, 0.2) is 0 Å². The molecule has 0 aromatic rings. The van der Waals surface area contributed by atoms with E-state index in [-0.39, 0.29) is 0 Å². The number of nitrogens with one attached hydrogen (secondary N) is 1. The summed E-state index contributed by atoms with van der Waals surface area (Å²) in [4.78, 5) is 2.49. The van der Waals surface area contributed by atoms with Crippen LogP contribution < -0.4 is 5.32 Å². The lowest BCUT2D eigenvalue weighted by molar-refractivity contribution is 0.000472. The van der Waals surface area contributed by atoms with E-state index in [1.54, 1.807) is 0 Å². The van der Waals surface area contributed by atoms with Gasteiger partial charge in [-0.2, -0.15) is 11.8 Å². The Balaban J connectivity index is 2.44. The van der Waals surface area contributed by atoms with Gasteiger partial charge in [-0.15, -0.1) is 0 Å². The highest BCUT2D eigenvalue weighted by Gasteiger charge is 2.33. The monoisotopic (exact) mass is 260 g/mol. The number of rotatable bonds is 8. The zero-order valence-corrected chi connectivity index (χ0v) is 12.4. The summed E-state index contributed by atoms with van der Waals surface area (Å²) in [6.07, 6.45) is 4.57. The molecule has 0 amide bonds. The summed E-state index contributed by atoms with van der Waals surface area (Å²) >= 11 is 1.93. The summed E-state index contributed by atoms with van der Waals surface area (Å²) in [5.41, 5.74) is 0.432. The minimum absolute atomic E-state index is 0.432. The maximum atomic E-state index is 5.52. The highest BCUT2D eigenvalue weighted by molar-refractivity contribution is 7.98. The van der Waals surface area contributed by atoms with E-state index in [1.165, 1.54) is 31.7 Å². The van der Waals surface area contributed by atoms with Crippen LogP contribution in [0.3, 0.4) is 0 Å². The lowest BCUT2D eigenvalue weighted by Crippen LogP contribution is -2.46. The van der Waals surface area contributed by atoms with Crippen LogP contribution in [-0.4, -0.2) is 63.3 Å². The average Bonchev–Trinajstić information content (AvgIpc) is 2.35. The predicted molar refractivity (Wildman–Crippen MR) is 76.9 cm³/mol. The smallest absolute Gasteiger partial charge is 0.0472 e. The number of hydrogen-bond donors (Lipinski definition) is 1. The SMILES string of the molecule is CCNCC1(CN(C)CCSC)CCOCC1. The summed E-state index contributed by atoms with van der Waals surface area (Å²) in [5, 5.41) is 3.53. The van der Waals surface area contributed by atoms with Crippen molar-refractivity contribution >= 4 is 11.8 Å². The Labute approximate surface area is 111 Å². The third-order valence-corrected chi connectivity index (χ3v) is 4.18. The van der Waals surface area contributed by atoms with E-state index in [0.717, 1.165) is 26.3 Å². The third kappa shape index (κ3) is 5.60. The van der Waals surface area contributed by atoms with Gasteiger partial charge in [-0.3, -0.25) is 0 Å². The molecule has 4 heteroatoms. The molecule has 1 heterocycles. The van der Waals surface area contributed by atoms with Crippen molar-refractivity contribution in [3.05, 3.63) is 0 Å². The van der Waals surface area contributed by atoms with Gasteiger partial charge in [-0.05, 0) is 38.1 Å². The van der Waals surface area contributed by atoms with E-state index in [9.17, 15) is 0 Å². The number of hydrogen-bond acceptors (Lipinski definition) is 4. The van der Waals surface area contributed by atoms with Gasteiger partial charge in [0.1, 0.15) is 0 Å². The van der Waals surface area contributed by atoms with Crippen molar-refractivity contribution in [1.29, 1.82) is 0 Å². The minimum Gasteiger partial charge on any atom is -0.381 e. The minimum atomic E-state index is 0.432. The molecule has 0 unspecified atom stereocenters. The van der Waals surface area contributed by atoms with Gasteiger partial charge in [-0.1, -0.05) is 6.92 Å². The van der Waals surface area contributed by atoms with Crippen molar-refractivity contribution in [3.63, 3.8) is 0 Å². The second-order valence-electron chi connectivity index (χ2n) is 5.12. The summed E-state index contributed by atoms with van der Waals surface area (Å²) in [6.45, 7) is 8.64. The zero-order chi connectivity index (χ0) is 12.6. The van der Waals surface area contributed by atoms with E-state index >= 15 is 0 Å². The molecule has 0 spiro atoms. The maximum absolute atomic E-state index is 5.52. The third-order valence-electron chi connectivity index (χ3n) is 3.59. The van der Waals surface area contributed by atoms with Crippen molar-refractivity contribution < 1.29 is 4.74 Å². The van der Waals surface area contributed by atoms with Gasteiger partial charge in [0.25, 0.3) is 0 Å². The van der Waals surface area contributed by atoms with Gasteiger partial charge in [0.15, 0.2) is 0 Å². The lowest BCUT2D eigenvalue weighted by atomic mass is 9.79. The zero-order valence-electron chi connectivity index (χ0n) is 11.6.